The van der Waals surface area contributed by atoms with Crippen molar-refractivity contribution >= 4 is 16.1 Å². The first-order valence-corrected chi connectivity index (χ1v) is 10.2. The Balaban J connectivity index is 1.75. The highest BCUT2D eigenvalue weighted by Gasteiger charge is 2.41. The summed E-state index contributed by atoms with van der Waals surface area (Å²) < 4.78 is 27.8. The number of carbonyl (C=O) groups excluding carboxylic acids is 1. The van der Waals surface area contributed by atoms with Gasteiger partial charge in [-0.2, -0.15) is 17.0 Å². The lowest BCUT2D eigenvalue weighted by Crippen LogP contribution is -2.49. The second-order valence-electron chi connectivity index (χ2n) is 7.42. The molecule has 25 heavy (non-hydrogen) atoms. The third-order valence-corrected chi connectivity index (χ3v) is 7.10. The number of fused-ring (bicyclic) bond motifs is 4. The molecule has 1 aromatic rings. The number of rotatable bonds is 4. The summed E-state index contributed by atoms with van der Waals surface area (Å²) in [5, 5.41) is 0. The maximum Gasteiger partial charge on any atom is 0.281 e. The first kappa shape index (κ1) is 18.4. The third kappa shape index (κ3) is 3.88. The van der Waals surface area contributed by atoms with Gasteiger partial charge in [0.05, 0.1) is 6.42 Å². The molecule has 4 rings (SSSR count). The number of aryl methyl sites for hydroxylation is 1. The van der Waals surface area contributed by atoms with Crippen LogP contribution in [-0.4, -0.2) is 67.6 Å². The molecular formula is C18H27N3O3S. The molecule has 3 aliphatic rings. The highest BCUT2D eigenvalue weighted by Crippen LogP contribution is 2.30. The van der Waals surface area contributed by atoms with E-state index in [1.165, 1.54) is 4.31 Å². The van der Waals surface area contributed by atoms with Crippen LogP contribution in [0.2, 0.25) is 0 Å². The fraction of sp³-hybridized carbons (Fsp3) is 0.611. The lowest BCUT2D eigenvalue weighted by molar-refractivity contribution is -0.134. The van der Waals surface area contributed by atoms with E-state index < -0.39 is 10.2 Å². The molecule has 0 aliphatic carbocycles. The number of hydrogen-bond acceptors (Lipinski definition) is 3. The van der Waals surface area contributed by atoms with Crippen LogP contribution in [0.1, 0.15) is 24.0 Å². The molecule has 138 valence electrons. The average Bonchev–Trinajstić information content (AvgIpc) is 2.87. The van der Waals surface area contributed by atoms with Crippen molar-refractivity contribution in [3.63, 3.8) is 0 Å². The lowest BCUT2D eigenvalue weighted by atomic mass is 9.94. The van der Waals surface area contributed by atoms with E-state index in [2.05, 4.69) is 0 Å². The van der Waals surface area contributed by atoms with E-state index in [0.29, 0.717) is 26.1 Å². The maximum absolute atomic E-state index is 12.9. The van der Waals surface area contributed by atoms with Crippen molar-refractivity contribution in [2.24, 2.45) is 5.92 Å². The van der Waals surface area contributed by atoms with Crippen molar-refractivity contribution in [2.45, 2.75) is 32.2 Å². The number of piperidine rings is 1. The molecule has 0 aromatic heterocycles. The lowest BCUT2D eigenvalue weighted by Gasteiger charge is -2.36. The van der Waals surface area contributed by atoms with Crippen molar-refractivity contribution in [3.8, 4) is 0 Å². The van der Waals surface area contributed by atoms with Gasteiger partial charge in [-0.15, -0.1) is 0 Å². The third-order valence-electron chi connectivity index (χ3n) is 5.23. The molecule has 0 radical (unpaired) electrons. The summed E-state index contributed by atoms with van der Waals surface area (Å²) in [5.41, 5.74) is 2.16. The van der Waals surface area contributed by atoms with Crippen LogP contribution in [0.25, 0.3) is 0 Å². The number of benzene rings is 1. The van der Waals surface area contributed by atoms with Crippen LogP contribution in [0.15, 0.2) is 24.3 Å². The number of amides is 1. The van der Waals surface area contributed by atoms with E-state index in [1.807, 2.05) is 36.1 Å². The number of nitrogens with zero attached hydrogens (tertiary/aromatic N) is 3. The standard InChI is InChI=1S/C18H27N3O3S/c1-14-5-4-6-15(9-14)10-18(22)21-12-16-7-8-17(21)13-20(11-16)25(23,24)19(2)3/h4-6,9,16-17H,7-8,10-13H2,1-3H3/t16-,17+/m1/s1. The molecule has 0 N–H and O–H groups in total. The van der Waals surface area contributed by atoms with Crippen molar-refractivity contribution in [1.29, 1.82) is 0 Å². The first-order chi connectivity index (χ1) is 11.8. The zero-order chi connectivity index (χ0) is 18.2. The van der Waals surface area contributed by atoms with Gasteiger partial charge in [-0.3, -0.25) is 4.79 Å². The Labute approximate surface area is 150 Å². The normalized spacial score (nSPS) is 24.6. The average molecular weight is 365 g/mol. The van der Waals surface area contributed by atoms with Gasteiger partial charge >= 0.3 is 0 Å². The summed E-state index contributed by atoms with van der Waals surface area (Å²) in [6.07, 6.45) is 2.24. The fourth-order valence-electron chi connectivity index (χ4n) is 3.86. The largest absolute Gasteiger partial charge is 0.338 e. The van der Waals surface area contributed by atoms with Crippen molar-refractivity contribution in [2.75, 3.05) is 33.7 Å². The molecule has 0 spiro atoms. The summed E-state index contributed by atoms with van der Waals surface area (Å²) >= 11 is 0. The van der Waals surface area contributed by atoms with Gasteiger partial charge < -0.3 is 4.90 Å². The van der Waals surface area contributed by atoms with Crippen LogP contribution in [0.5, 0.6) is 0 Å². The summed E-state index contributed by atoms with van der Waals surface area (Å²) in [4.78, 5) is 14.8. The van der Waals surface area contributed by atoms with Gasteiger partial charge in [0.2, 0.25) is 5.91 Å². The second-order valence-corrected chi connectivity index (χ2v) is 9.56. The minimum absolute atomic E-state index is 0.0224. The molecule has 7 heteroatoms. The highest BCUT2D eigenvalue weighted by atomic mass is 32.2. The van der Waals surface area contributed by atoms with E-state index in [9.17, 15) is 13.2 Å². The molecule has 1 amide bonds. The van der Waals surface area contributed by atoms with Gasteiger partial charge in [-0.25, -0.2) is 0 Å². The molecule has 1 aromatic carbocycles. The van der Waals surface area contributed by atoms with E-state index in [-0.39, 0.29) is 17.9 Å². The van der Waals surface area contributed by atoms with Crippen LogP contribution >= 0.6 is 0 Å². The van der Waals surface area contributed by atoms with Crippen molar-refractivity contribution in [1.82, 2.24) is 13.5 Å². The van der Waals surface area contributed by atoms with Crippen LogP contribution in [0, 0.1) is 12.8 Å². The van der Waals surface area contributed by atoms with Crippen molar-refractivity contribution in [3.05, 3.63) is 35.4 Å². The minimum atomic E-state index is -3.43. The molecule has 2 atom stereocenters. The predicted octanol–water partition coefficient (Wildman–Crippen LogP) is 1.27. The van der Waals surface area contributed by atoms with E-state index in [1.54, 1.807) is 18.4 Å². The van der Waals surface area contributed by atoms with Crippen LogP contribution in [-0.2, 0) is 21.4 Å². The summed E-state index contributed by atoms with van der Waals surface area (Å²) in [6.45, 7) is 3.59. The zero-order valence-corrected chi connectivity index (χ0v) is 16.0. The molecule has 0 unspecified atom stereocenters. The summed E-state index contributed by atoms with van der Waals surface area (Å²) in [6, 6.07) is 7.98. The quantitative estimate of drug-likeness (QED) is 0.807. The molecule has 3 aliphatic heterocycles. The molecule has 3 saturated heterocycles. The summed E-state index contributed by atoms with van der Waals surface area (Å²) in [7, 11) is -0.317. The fourth-order valence-corrected chi connectivity index (χ4v) is 5.08. The summed E-state index contributed by atoms with van der Waals surface area (Å²) in [5.74, 6) is 0.319. The smallest absolute Gasteiger partial charge is 0.281 e. The van der Waals surface area contributed by atoms with Gasteiger partial charge in [0.25, 0.3) is 10.2 Å². The Morgan fingerprint density at radius 1 is 1.20 bits per heavy atom. The van der Waals surface area contributed by atoms with Gasteiger partial charge in [-0.05, 0) is 31.2 Å². The SMILES string of the molecule is Cc1cccc(CC(=O)N2C[C@@H]3CC[C@H]2CN(S(=O)(=O)N(C)C)C3)c1. The Hall–Kier alpha value is -1.44. The van der Waals surface area contributed by atoms with E-state index >= 15 is 0 Å². The number of carbonyl (C=O) groups is 1. The van der Waals surface area contributed by atoms with Crippen LogP contribution in [0.4, 0.5) is 0 Å². The maximum atomic E-state index is 12.9. The first-order valence-electron chi connectivity index (χ1n) is 8.80. The second kappa shape index (κ2) is 7.05. The van der Waals surface area contributed by atoms with Crippen LogP contribution < -0.4 is 0 Å². The highest BCUT2D eigenvalue weighted by molar-refractivity contribution is 7.86. The van der Waals surface area contributed by atoms with E-state index in [0.717, 1.165) is 24.0 Å². The Kier molecular flexibility index (Phi) is 5.18. The molecule has 2 bridgehead atoms. The Morgan fingerprint density at radius 3 is 2.64 bits per heavy atom. The molecular weight excluding hydrogens is 338 g/mol. The molecule has 0 saturated carbocycles. The predicted molar refractivity (Wildman–Crippen MR) is 97.3 cm³/mol. The zero-order valence-electron chi connectivity index (χ0n) is 15.2. The Bertz CT molecular complexity index is 748. The molecule has 3 heterocycles. The van der Waals surface area contributed by atoms with Crippen molar-refractivity contribution < 1.29 is 13.2 Å². The van der Waals surface area contributed by atoms with Gasteiger partial charge in [0, 0.05) is 39.8 Å². The monoisotopic (exact) mass is 365 g/mol. The molecule has 3 fully saturated rings. The van der Waals surface area contributed by atoms with Gasteiger partial charge in [-0.1, -0.05) is 29.8 Å². The van der Waals surface area contributed by atoms with Crippen LogP contribution in [0.3, 0.4) is 0 Å². The number of hydrogen-bond donors (Lipinski definition) is 0. The van der Waals surface area contributed by atoms with Gasteiger partial charge in [0.15, 0.2) is 0 Å². The van der Waals surface area contributed by atoms with Gasteiger partial charge in [0.1, 0.15) is 0 Å². The molecule has 6 nitrogen and oxygen atoms in total. The van der Waals surface area contributed by atoms with E-state index in [4.69, 9.17) is 0 Å². The minimum Gasteiger partial charge on any atom is -0.338 e. The Morgan fingerprint density at radius 2 is 1.96 bits per heavy atom. The topological polar surface area (TPSA) is 60.9 Å².